The maximum Gasteiger partial charge on any atom is 0.244 e. The molecule has 0 unspecified atom stereocenters. The lowest BCUT2D eigenvalue weighted by Crippen LogP contribution is -2.49. The second-order valence-electron chi connectivity index (χ2n) is 8.34. The lowest BCUT2D eigenvalue weighted by molar-refractivity contribution is 0.124. The van der Waals surface area contributed by atoms with Gasteiger partial charge >= 0.3 is 0 Å². The van der Waals surface area contributed by atoms with Crippen molar-refractivity contribution in [2.75, 3.05) is 39.4 Å². The van der Waals surface area contributed by atoms with Gasteiger partial charge in [-0.2, -0.15) is 9.29 Å². The zero-order chi connectivity index (χ0) is 23.9. The second kappa shape index (κ2) is 8.97. The molecule has 0 radical (unpaired) electrons. The molecular weight excluding hydrogens is 463 g/mol. The van der Waals surface area contributed by atoms with Crippen molar-refractivity contribution in [3.8, 4) is 22.9 Å². The molecule has 0 bridgehead atoms. The Balaban J connectivity index is 1.25. The van der Waals surface area contributed by atoms with E-state index in [1.807, 2.05) is 6.92 Å². The summed E-state index contributed by atoms with van der Waals surface area (Å²) in [7, 11) is -3.66. The van der Waals surface area contributed by atoms with Crippen molar-refractivity contribution in [3.05, 3.63) is 53.7 Å². The fourth-order valence-corrected chi connectivity index (χ4v) is 5.51. The Morgan fingerprint density at radius 1 is 1.00 bits per heavy atom. The van der Waals surface area contributed by atoms with Crippen LogP contribution in [-0.4, -0.2) is 67.2 Å². The van der Waals surface area contributed by atoms with Crippen LogP contribution in [0.2, 0.25) is 0 Å². The summed E-state index contributed by atoms with van der Waals surface area (Å²) in [6.45, 7) is 6.11. The van der Waals surface area contributed by atoms with Crippen LogP contribution in [0.1, 0.15) is 24.4 Å². The van der Waals surface area contributed by atoms with Crippen molar-refractivity contribution in [2.24, 2.45) is 0 Å². The summed E-state index contributed by atoms with van der Waals surface area (Å²) in [4.78, 5) is 6.71. The summed E-state index contributed by atoms with van der Waals surface area (Å²) in [5, 5.41) is 3.99. The van der Waals surface area contributed by atoms with Crippen LogP contribution in [0.25, 0.3) is 11.4 Å². The van der Waals surface area contributed by atoms with Crippen molar-refractivity contribution in [2.45, 2.75) is 24.8 Å². The third kappa shape index (κ3) is 4.26. The van der Waals surface area contributed by atoms with Crippen molar-refractivity contribution in [1.82, 2.24) is 19.3 Å². The molecule has 2 aliphatic rings. The van der Waals surface area contributed by atoms with Crippen LogP contribution in [-0.2, 0) is 10.0 Å². The average molecular weight is 489 g/mol. The van der Waals surface area contributed by atoms with Gasteiger partial charge in [-0.15, -0.1) is 0 Å². The third-order valence-electron chi connectivity index (χ3n) is 6.20. The number of ether oxygens (including phenoxy) is 2. The van der Waals surface area contributed by atoms with Gasteiger partial charge in [0.25, 0.3) is 0 Å². The predicted octanol–water partition coefficient (Wildman–Crippen LogP) is 3.02. The Hall–Kier alpha value is -3.02. The zero-order valence-corrected chi connectivity index (χ0v) is 19.7. The number of nitrogens with zero attached hydrogens (tertiary/aromatic N) is 4. The molecule has 1 aromatic heterocycles. The Bertz CT molecular complexity index is 1300. The Morgan fingerprint density at radius 2 is 1.74 bits per heavy atom. The van der Waals surface area contributed by atoms with E-state index >= 15 is 0 Å². The Labute approximate surface area is 197 Å². The summed E-state index contributed by atoms with van der Waals surface area (Å²) in [5.41, 5.74) is 1.09. The number of hydrogen-bond acceptors (Lipinski definition) is 8. The molecule has 0 saturated carbocycles. The molecule has 1 fully saturated rings. The van der Waals surface area contributed by atoms with E-state index in [2.05, 4.69) is 15.0 Å². The van der Waals surface area contributed by atoms with E-state index < -0.39 is 10.0 Å². The highest BCUT2D eigenvalue weighted by Crippen LogP contribution is 2.33. The standard InChI is InChI=1S/C23H25FN4O5S/c1-15-3-4-17(13-19(15)24)22-25-23(33-26-22)16(2)27-7-9-28(10-8-27)34(29,30)18-5-6-20-21(14-18)32-12-11-31-20/h3-6,13-14,16H,7-12H2,1-2H3/t16-/m0/s1. The van der Waals surface area contributed by atoms with Gasteiger partial charge in [-0.25, -0.2) is 12.8 Å². The van der Waals surface area contributed by atoms with Gasteiger partial charge in [-0.1, -0.05) is 17.3 Å². The first kappa shape index (κ1) is 22.8. The summed E-state index contributed by atoms with van der Waals surface area (Å²) >= 11 is 0. The number of benzene rings is 2. The number of sulfonamides is 1. The zero-order valence-electron chi connectivity index (χ0n) is 18.9. The van der Waals surface area contributed by atoms with Crippen LogP contribution in [0.15, 0.2) is 45.8 Å². The lowest BCUT2D eigenvalue weighted by atomic mass is 10.1. The van der Waals surface area contributed by atoms with Gasteiger partial charge in [0.05, 0.1) is 10.9 Å². The first-order valence-electron chi connectivity index (χ1n) is 11.1. The SMILES string of the molecule is Cc1ccc(-c2noc([C@H](C)N3CCN(S(=O)(=O)c4ccc5c(c4)OCCO5)CC3)n2)cc1F. The molecule has 9 nitrogen and oxygen atoms in total. The van der Waals surface area contributed by atoms with Crippen LogP contribution in [0, 0.1) is 12.7 Å². The van der Waals surface area contributed by atoms with E-state index in [1.165, 1.54) is 16.4 Å². The Kier molecular flexibility index (Phi) is 6.00. The molecule has 11 heteroatoms. The molecule has 3 heterocycles. The van der Waals surface area contributed by atoms with Crippen molar-refractivity contribution >= 4 is 10.0 Å². The largest absolute Gasteiger partial charge is 0.486 e. The van der Waals surface area contributed by atoms with E-state index in [9.17, 15) is 12.8 Å². The lowest BCUT2D eigenvalue weighted by Gasteiger charge is -2.36. The van der Waals surface area contributed by atoms with E-state index in [-0.39, 0.29) is 16.8 Å². The van der Waals surface area contributed by atoms with E-state index in [0.717, 1.165) is 0 Å². The molecule has 1 atom stereocenters. The molecule has 3 aromatic rings. The molecule has 2 aliphatic heterocycles. The van der Waals surface area contributed by atoms with Gasteiger partial charge in [-0.3, -0.25) is 4.90 Å². The monoisotopic (exact) mass is 488 g/mol. The first-order valence-corrected chi connectivity index (χ1v) is 12.5. The normalized spacial score (nSPS) is 18.1. The molecule has 180 valence electrons. The van der Waals surface area contributed by atoms with E-state index in [1.54, 1.807) is 31.2 Å². The van der Waals surface area contributed by atoms with Gasteiger partial charge in [0.1, 0.15) is 19.0 Å². The second-order valence-corrected chi connectivity index (χ2v) is 10.3. The molecule has 2 aromatic carbocycles. The molecule has 0 amide bonds. The molecular formula is C23H25FN4O5S. The van der Waals surface area contributed by atoms with Crippen LogP contribution < -0.4 is 9.47 Å². The van der Waals surface area contributed by atoms with Crippen molar-refractivity contribution in [1.29, 1.82) is 0 Å². The summed E-state index contributed by atoms with van der Waals surface area (Å²) in [6.07, 6.45) is 0. The minimum absolute atomic E-state index is 0.185. The third-order valence-corrected chi connectivity index (χ3v) is 8.10. The Morgan fingerprint density at radius 3 is 2.47 bits per heavy atom. The van der Waals surface area contributed by atoms with Gasteiger partial charge in [0, 0.05) is 37.8 Å². The van der Waals surface area contributed by atoms with Gasteiger partial charge in [0.2, 0.25) is 21.7 Å². The minimum Gasteiger partial charge on any atom is -0.486 e. The quantitative estimate of drug-likeness (QED) is 0.541. The molecule has 0 aliphatic carbocycles. The topological polar surface area (TPSA) is 98.0 Å². The number of piperazine rings is 1. The minimum atomic E-state index is -3.66. The number of halogens is 1. The fourth-order valence-electron chi connectivity index (χ4n) is 4.07. The van der Waals surface area contributed by atoms with Crippen LogP contribution in [0.5, 0.6) is 11.5 Å². The predicted molar refractivity (Wildman–Crippen MR) is 121 cm³/mol. The molecule has 0 spiro atoms. The maximum absolute atomic E-state index is 13.9. The molecule has 1 saturated heterocycles. The molecule has 34 heavy (non-hydrogen) atoms. The molecule has 5 rings (SSSR count). The smallest absolute Gasteiger partial charge is 0.244 e. The van der Waals surface area contributed by atoms with Gasteiger partial charge < -0.3 is 14.0 Å². The van der Waals surface area contributed by atoms with Crippen molar-refractivity contribution < 1.29 is 26.8 Å². The maximum atomic E-state index is 13.9. The number of fused-ring (bicyclic) bond motifs is 1. The van der Waals surface area contributed by atoms with Crippen LogP contribution in [0.4, 0.5) is 4.39 Å². The summed E-state index contributed by atoms with van der Waals surface area (Å²) < 4.78 is 58.2. The average Bonchev–Trinajstić information content (AvgIpc) is 3.35. The fraction of sp³-hybridized carbons (Fsp3) is 0.391. The number of aromatic nitrogens is 2. The highest BCUT2D eigenvalue weighted by atomic mass is 32.2. The first-order chi connectivity index (χ1) is 16.3. The summed E-state index contributed by atoms with van der Waals surface area (Å²) in [6, 6.07) is 9.29. The van der Waals surface area contributed by atoms with Crippen LogP contribution >= 0.6 is 0 Å². The van der Waals surface area contributed by atoms with Gasteiger partial charge in [0.15, 0.2) is 11.5 Å². The molecule has 0 N–H and O–H groups in total. The number of aryl methyl sites for hydroxylation is 1. The van der Waals surface area contributed by atoms with Crippen molar-refractivity contribution in [3.63, 3.8) is 0 Å². The van der Waals surface area contributed by atoms with E-state index in [0.29, 0.717) is 73.7 Å². The highest BCUT2D eigenvalue weighted by molar-refractivity contribution is 7.89. The number of rotatable bonds is 5. The summed E-state index contributed by atoms with van der Waals surface area (Å²) in [5.74, 6) is 1.39. The number of hydrogen-bond donors (Lipinski definition) is 0. The van der Waals surface area contributed by atoms with Gasteiger partial charge in [-0.05, 0) is 37.6 Å². The van der Waals surface area contributed by atoms with E-state index in [4.69, 9.17) is 14.0 Å². The highest BCUT2D eigenvalue weighted by Gasteiger charge is 2.32. The van der Waals surface area contributed by atoms with Crippen LogP contribution in [0.3, 0.4) is 0 Å².